The van der Waals surface area contributed by atoms with E-state index in [0.29, 0.717) is 4.75 Å². The van der Waals surface area contributed by atoms with E-state index in [1.807, 2.05) is 0 Å². The summed E-state index contributed by atoms with van der Waals surface area (Å²) >= 11 is 3.90. The molecule has 1 aliphatic heterocycles. The van der Waals surface area contributed by atoms with Crippen molar-refractivity contribution in [2.45, 2.75) is 43.4 Å². The van der Waals surface area contributed by atoms with E-state index in [-0.39, 0.29) is 12.5 Å². The van der Waals surface area contributed by atoms with Crippen LogP contribution in [-0.4, -0.2) is 65.9 Å². The van der Waals surface area contributed by atoms with Crippen LogP contribution in [0.3, 0.4) is 0 Å². The molecule has 1 saturated carbocycles. The lowest BCUT2D eigenvalue weighted by Crippen LogP contribution is -2.53. The van der Waals surface area contributed by atoms with Gasteiger partial charge in [-0.2, -0.15) is 11.8 Å². The Labute approximate surface area is 165 Å². The lowest BCUT2D eigenvalue weighted by Gasteiger charge is -2.45. The number of amides is 1. The number of guanidine groups is 1. The van der Waals surface area contributed by atoms with Crippen LogP contribution >= 0.6 is 23.1 Å². The molecule has 2 aliphatic rings. The molecule has 1 aliphatic carbocycles. The van der Waals surface area contributed by atoms with Crippen molar-refractivity contribution >= 4 is 35.0 Å². The van der Waals surface area contributed by atoms with Gasteiger partial charge in [0.05, 0.1) is 6.54 Å². The van der Waals surface area contributed by atoms with Gasteiger partial charge in [-0.1, -0.05) is 25.3 Å². The van der Waals surface area contributed by atoms with E-state index in [0.717, 1.165) is 31.3 Å². The van der Waals surface area contributed by atoms with Gasteiger partial charge in [0.25, 0.3) is 0 Å². The molecule has 1 aromatic heterocycles. The van der Waals surface area contributed by atoms with Crippen molar-refractivity contribution in [1.29, 1.82) is 0 Å². The third-order valence-electron chi connectivity index (χ3n) is 5.18. The Balaban J connectivity index is 1.70. The fourth-order valence-electron chi connectivity index (χ4n) is 3.66. The zero-order valence-corrected chi connectivity index (χ0v) is 17.5. The smallest absolute Gasteiger partial charge is 0.243 e. The number of rotatable bonds is 4. The molecule has 1 N–H and O–H groups in total. The maximum Gasteiger partial charge on any atom is 0.243 e. The Morgan fingerprint density at radius 1 is 1.35 bits per heavy atom. The third-order valence-corrected chi connectivity index (χ3v) is 7.59. The summed E-state index contributed by atoms with van der Waals surface area (Å²) in [7, 11) is 3.57. The van der Waals surface area contributed by atoms with Gasteiger partial charge in [0.2, 0.25) is 5.91 Å². The summed E-state index contributed by atoms with van der Waals surface area (Å²) < 4.78 is 0.382. The summed E-state index contributed by atoms with van der Waals surface area (Å²) in [6.45, 7) is 3.02. The monoisotopic (exact) mass is 394 g/mol. The Kier molecular flexibility index (Phi) is 6.86. The van der Waals surface area contributed by atoms with Crippen molar-refractivity contribution in [2.75, 3.05) is 39.5 Å². The predicted octanol–water partition coefficient (Wildman–Crippen LogP) is 3.03. The zero-order chi connectivity index (χ0) is 18.4. The molecule has 0 aromatic carbocycles. The molecular weight excluding hydrogens is 364 g/mol. The molecule has 1 aromatic rings. The molecule has 3 rings (SSSR count). The normalized spacial score (nSPS) is 20.2. The number of hydrogen-bond donors (Lipinski definition) is 1. The van der Waals surface area contributed by atoms with E-state index in [1.54, 1.807) is 30.3 Å². The molecule has 5 nitrogen and oxygen atoms in total. The molecule has 2 fully saturated rings. The van der Waals surface area contributed by atoms with Gasteiger partial charge < -0.3 is 15.1 Å². The van der Waals surface area contributed by atoms with Crippen LogP contribution in [0.25, 0.3) is 0 Å². The first-order valence-corrected chi connectivity index (χ1v) is 11.3. The molecule has 26 heavy (non-hydrogen) atoms. The van der Waals surface area contributed by atoms with Crippen LogP contribution in [0.5, 0.6) is 0 Å². The largest absolute Gasteiger partial charge is 0.351 e. The average Bonchev–Trinajstić information content (AvgIpc) is 3.15. The van der Waals surface area contributed by atoms with Gasteiger partial charge in [-0.15, -0.1) is 11.3 Å². The van der Waals surface area contributed by atoms with Gasteiger partial charge in [0, 0.05) is 42.6 Å². The molecule has 1 amide bonds. The Morgan fingerprint density at radius 2 is 2.15 bits per heavy atom. The standard InChI is InChI=1S/C19H30N4OS2/c1-22(2)17(24)14-21-18(20-13-16-7-6-11-25-16)23-10-12-26-19(15-23)8-4-3-5-9-19/h6-7,11H,3-5,8-10,12-15H2,1-2H3,(H,20,21). The van der Waals surface area contributed by atoms with E-state index < -0.39 is 0 Å². The highest BCUT2D eigenvalue weighted by molar-refractivity contribution is 8.00. The van der Waals surface area contributed by atoms with Crippen LogP contribution in [0.4, 0.5) is 0 Å². The van der Waals surface area contributed by atoms with Crippen LogP contribution in [-0.2, 0) is 11.3 Å². The molecule has 0 unspecified atom stereocenters. The minimum atomic E-state index is 0.0409. The molecule has 2 heterocycles. The number of aliphatic imine (C=N–C) groups is 1. The topological polar surface area (TPSA) is 47.9 Å². The predicted molar refractivity (Wildman–Crippen MR) is 112 cm³/mol. The van der Waals surface area contributed by atoms with Crippen molar-refractivity contribution in [1.82, 2.24) is 15.1 Å². The maximum absolute atomic E-state index is 12.0. The summed E-state index contributed by atoms with van der Waals surface area (Å²) in [5.74, 6) is 2.07. The van der Waals surface area contributed by atoms with E-state index >= 15 is 0 Å². The van der Waals surface area contributed by atoms with E-state index in [4.69, 9.17) is 0 Å². The van der Waals surface area contributed by atoms with Crippen molar-refractivity contribution in [3.8, 4) is 0 Å². The van der Waals surface area contributed by atoms with Gasteiger partial charge in [-0.3, -0.25) is 4.79 Å². The lowest BCUT2D eigenvalue weighted by atomic mass is 9.87. The summed E-state index contributed by atoms with van der Waals surface area (Å²) in [6.07, 6.45) is 6.67. The van der Waals surface area contributed by atoms with Gasteiger partial charge in [-0.05, 0) is 24.3 Å². The number of nitrogens with one attached hydrogen (secondary N) is 1. The van der Waals surface area contributed by atoms with E-state index in [2.05, 4.69) is 44.5 Å². The lowest BCUT2D eigenvalue weighted by molar-refractivity contribution is -0.127. The molecule has 7 heteroatoms. The minimum absolute atomic E-state index is 0.0409. The fraction of sp³-hybridized carbons (Fsp3) is 0.684. The molecule has 1 spiro atoms. The first-order chi connectivity index (χ1) is 12.6. The highest BCUT2D eigenvalue weighted by Crippen LogP contribution is 2.42. The highest BCUT2D eigenvalue weighted by atomic mass is 32.2. The van der Waals surface area contributed by atoms with Crippen LogP contribution in [0.15, 0.2) is 22.5 Å². The van der Waals surface area contributed by atoms with Crippen molar-refractivity contribution < 1.29 is 4.79 Å². The fourth-order valence-corrected chi connectivity index (χ4v) is 5.87. The quantitative estimate of drug-likeness (QED) is 0.630. The summed E-state index contributed by atoms with van der Waals surface area (Å²) in [6, 6.07) is 4.21. The average molecular weight is 395 g/mol. The zero-order valence-electron chi connectivity index (χ0n) is 15.9. The number of carbonyl (C=O) groups is 1. The second-order valence-electron chi connectivity index (χ2n) is 7.37. The van der Waals surface area contributed by atoms with Gasteiger partial charge in [-0.25, -0.2) is 4.99 Å². The summed E-state index contributed by atoms with van der Waals surface area (Å²) in [5, 5.41) is 5.61. The summed E-state index contributed by atoms with van der Waals surface area (Å²) in [5.41, 5.74) is 0. The van der Waals surface area contributed by atoms with Crippen LogP contribution in [0.1, 0.15) is 37.0 Å². The Morgan fingerprint density at radius 3 is 2.85 bits per heavy atom. The third kappa shape index (κ3) is 5.16. The van der Waals surface area contributed by atoms with E-state index in [1.165, 1.54) is 37.0 Å². The SMILES string of the molecule is CN(C)C(=O)CN=C(NCc1cccs1)N1CCSC2(CCCCC2)C1. The van der Waals surface area contributed by atoms with Crippen LogP contribution in [0, 0.1) is 0 Å². The minimum Gasteiger partial charge on any atom is -0.351 e. The first-order valence-electron chi connectivity index (χ1n) is 9.48. The van der Waals surface area contributed by atoms with Crippen LogP contribution in [0.2, 0.25) is 0 Å². The molecule has 144 valence electrons. The Bertz CT molecular complexity index is 604. The number of hydrogen-bond acceptors (Lipinski definition) is 4. The van der Waals surface area contributed by atoms with Crippen molar-refractivity contribution in [3.63, 3.8) is 0 Å². The number of nitrogens with zero attached hydrogens (tertiary/aromatic N) is 3. The second-order valence-corrected chi connectivity index (χ2v) is 9.97. The van der Waals surface area contributed by atoms with Crippen molar-refractivity contribution in [2.24, 2.45) is 4.99 Å². The molecule has 0 radical (unpaired) electrons. The van der Waals surface area contributed by atoms with Gasteiger partial charge in [0.15, 0.2) is 5.96 Å². The Hall–Kier alpha value is -1.21. The first kappa shape index (κ1) is 19.5. The number of carbonyl (C=O) groups excluding carboxylic acids is 1. The highest BCUT2D eigenvalue weighted by Gasteiger charge is 2.38. The maximum atomic E-state index is 12.0. The molecular formula is C19H30N4OS2. The summed E-state index contributed by atoms with van der Waals surface area (Å²) in [4.78, 5) is 22.0. The second kappa shape index (κ2) is 9.13. The van der Waals surface area contributed by atoms with E-state index in [9.17, 15) is 4.79 Å². The van der Waals surface area contributed by atoms with Gasteiger partial charge in [0.1, 0.15) is 6.54 Å². The number of likely N-dealkylation sites (N-methyl/N-ethyl adjacent to an activating group) is 1. The molecule has 0 bridgehead atoms. The van der Waals surface area contributed by atoms with Crippen molar-refractivity contribution in [3.05, 3.63) is 22.4 Å². The number of thioether (sulfide) groups is 1. The molecule has 0 atom stereocenters. The van der Waals surface area contributed by atoms with Crippen LogP contribution < -0.4 is 5.32 Å². The number of thiophene rings is 1. The van der Waals surface area contributed by atoms with Gasteiger partial charge >= 0.3 is 0 Å². The molecule has 1 saturated heterocycles.